The Bertz CT molecular complexity index is 1020. The maximum absolute atomic E-state index is 14.3. The molecule has 4 N–H and O–H groups in total. The van der Waals surface area contributed by atoms with Crippen molar-refractivity contribution in [1.82, 2.24) is 10.0 Å². The second-order valence-electron chi connectivity index (χ2n) is 8.45. The SMILES string of the molecule is CC/C(=N/N=C1CCOc2cc(F)cc(F)c21)OCC(C)/C(=C\C=C/C(C)C)N(N)C(=O)N(C)N. The Balaban J connectivity index is 2.21. The second kappa shape index (κ2) is 13.0. The molecule has 1 unspecified atom stereocenters. The standard InChI is InChI=1S/C24H34F2N6O3/c1-6-22(30-29-19-10-11-34-21-13-17(25)12-18(26)23(19)21)35-14-16(4)20(9-7-8-15(2)3)32(28)24(33)31(5)27/h7-9,12-13,15-16H,6,10-11,14,27-28H2,1-5H3/b8-7-,20-9+,29-19?,30-22-. The van der Waals surface area contributed by atoms with E-state index in [2.05, 4.69) is 10.2 Å². The summed E-state index contributed by atoms with van der Waals surface area (Å²) in [5.74, 6) is 10.5. The van der Waals surface area contributed by atoms with Gasteiger partial charge < -0.3 is 9.47 Å². The van der Waals surface area contributed by atoms with Gasteiger partial charge >= 0.3 is 6.03 Å². The first kappa shape index (κ1) is 27.9. The van der Waals surface area contributed by atoms with Crippen LogP contribution in [0.1, 0.15) is 46.1 Å². The number of urea groups is 1. The molecule has 1 aliphatic rings. The van der Waals surface area contributed by atoms with Gasteiger partial charge in [-0.1, -0.05) is 39.8 Å². The zero-order valence-electron chi connectivity index (χ0n) is 20.8. The maximum Gasteiger partial charge on any atom is 0.352 e. The molecule has 0 bridgehead atoms. The minimum atomic E-state index is -0.761. The van der Waals surface area contributed by atoms with E-state index >= 15 is 0 Å². The molecule has 1 aliphatic heterocycles. The Morgan fingerprint density at radius 1 is 1.29 bits per heavy atom. The molecule has 0 radical (unpaired) electrons. The first-order chi connectivity index (χ1) is 16.5. The van der Waals surface area contributed by atoms with Gasteiger partial charge in [0.25, 0.3) is 0 Å². The van der Waals surface area contributed by atoms with Crippen molar-refractivity contribution in [2.75, 3.05) is 20.3 Å². The summed E-state index contributed by atoms with van der Waals surface area (Å²) in [5, 5.41) is 10.2. The van der Waals surface area contributed by atoms with Gasteiger partial charge in [-0.25, -0.2) is 30.3 Å². The molecule has 1 atom stereocenters. The highest BCUT2D eigenvalue weighted by Crippen LogP contribution is 2.29. The van der Waals surface area contributed by atoms with Gasteiger partial charge in [-0.05, 0) is 12.0 Å². The van der Waals surface area contributed by atoms with Crippen LogP contribution in [0.2, 0.25) is 0 Å². The number of fused-ring (bicyclic) bond motifs is 1. The summed E-state index contributed by atoms with van der Waals surface area (Å²) in [6, 6.07) is 1.32. The normalized spacial score (nSPS) is 16.3. The molecular weight excluding hydrogens is 458 g/mol. The Labute approximate surface area is 204 Å². The van der Waals surface area contributed by atoms with Crippen LogP contribution in [0.5, 0.6) is 5.75 Å². The van der Waals surface area contributed by atoms with Crippen molar-refractivity contribution < 1.29 is 23.0 Å². The van der Waals surface area contributed by atoms with Crippen molar-refractivity contribution in [1.29, 1.82) is 0 Å². The molecule has 0 saturated heterocycles. The molecule has 0 spiro atoms. The van der Waals surface area contributed by atoms with Crippen molar-refractivity contribution in [3.05, 3.63) is 53.3 Å². The lowest BCUT2D eigenvalue weighted by Crippen LogP contribution is -2.49. The number of allylic oxidation sites excluding steroid dienone is 3. The molecule has 1 aromatic rings. The lowest BCUT2D eigenvalue weighted by molar-refractivity contribution is 0.165. The molecule has 35 heavy (non-hydrogen) atoms. The molecule has 0 aliphatic carbocycles. The molecule has 0 saturated carbocycles. The Morgan fingerprint density at radius 3 is 2.63 bits per heavy atom. The number of benzene rings is 1. The molecule has 2 rings (SSSR count). The Morgan fingerprint density at radius 2 is 2.00 bits per heavy atom. The summed E-state index contributed by atoms with van der Waals surface area (Å²) in [6.45, 7) is 8.12. The van der Waals surface area contributed by atoms with Crippen LogP contribution in [-0.2, 0) is 4.74 Å². The summed E-state index contributed by atoms with van der Waals surface area (Å²) >= 11 is 0. The van der Waals surface area contributed by atoms with E-state index in [0.29, 0.717) is 36.1 Å². The fraction of sp³-hybridized carbons (Fsp3) is 0.458. The molecular formula is C24H34F2N6O3. The molecule has 1 heterocycles. The van der Waals surface area contributed by atoms with Gasteiger partial charge in [0.2, 0.25) is 5.90 Å². The number of carbonyl (C=O) groups is 1. The molecule has 0 aromatic heterocycles. The number of nitrogens with two attached hydrogens (primary N) is 2. The molecule has 192 valence electrons. The van der Waals surface area contributed by atoms with Crippen LogP contribution in [0.25, 0.3) is 0 Å². The third kappa shape index (κ3) is 7.86. The average molecular weight is 493 g/mol. The highest BCUT2D eigenvalue weighted by molar-refractivity contribution is 6.04. The fourth-order valence-corrected chi connectivity index (χ4v) is 3.19. The van der Waals surface area contributed by atoms with Crippen molar-refractivity contribution in [3.8, 4) is 5.75 Å². The number of amides is 2. The van der Waals surface area contributed by atoms with Gasteiger partial charge in [0, 0.05) is 43.6 Å². The summed E-state index contributed by atoms with van der Waals surface area (Å²) in [4.78, 5) is 12.3. The minimum Gasteiger partial charge on any atom is -0.492 e. The number of carbonyl (C=O) groups excluding carboxylic acids is 1. The quantitative estimate of drug-likeness (QED) is 0.141. The minimum absolute atomic E-state index is 0.0931. The molecule has 9 nitrogen and oxygen atoms in total. The van der Waals surface area contributed by atoms with E-state index in [-0.39, 0.29) is 30.4 Å². The average Bonchev–Trinajstić information content (AvgIpc) is 2.80. The maximum atomic E-state index is 14.3. The first-order valence-corrected chi connectivity index (χ1v) is 11.4. The summed E-state index contributed by atoms with van der Waals surface area (Å²) in [7, 11) is 1.40. The number of halogens is 2. The van der Waals surface area contributed by atoms with Gasteiger partial charge in [0.1, 0.15) is 17.4 Å². The van der Waals surface area contributed by atoms with E-state index in [1.807, 2.05) is 39.8 Å². The third-order valence-electron chi connectivity index (χ3n) is 5.04. The van der Waals surface area contributed by atoms with Crippen LogP contribution in [0.4, 0.5) is 13.6 Å². The predicted octanol–water partition coefficient (Wildman–Crippen LogP) is 4.11. The van der Waals surface area contributed by atoms with Crippen LogP contribution in [0.15, 0.2) is 46.3 Å². The topological polar surface area (TPSA) is 119 Å². The lowest BCUT2D eigenvalue weighted by Gasteiger charge is -2.27. The summed E-state index contributed by atoms with van der Waals surface area (Å²) in [5.41, 5.74) is 0.930. The van der Waals surface area contributed by atoms with Gasteiger partial charge in [-0.2, -0.15) is 5.10 Å². The van der Waals surface area contributed by atoms with Gasteiger partial charge in [0.05, 0.1) is 24.5 Å². The van der Waals surface area contributed by atoms with Crippen molar-refractivity contribution in [2.24, 2.45) is 33.7 Å². The largest absolute Gasteiger partial charge is 0.492 e. The monoisotopic (exact) mass is 492 g/mol. The second-order valence-corrected chi connectivity index (χ2v) is 8.45. The highest BCUT2D eigenvalue weighted by Gasteiger charge is 2.24. The van der Waals surface area contributed by atoms with Gasteiger partial charge in [-0.15, -0.1) is 5.10 Å². The van der Waals surface area contributed by atoms with Crippen molar-refractivity contribution in [2.45, 2.75) is 40.5 Å². The Hall–Kier alpha value is -3.31. The van der Waals surface area contributed by atoms with E-state index in [0.717, 1.165) is 22.2 Å². The Kier molecular flexibility index (Phi) is 10.3. The molecule has 0 fully saturated rings. The zero-order chi connectivity index (χ0) is 26.1. The number of rotatable bonds is 8. The van der Waals surface area contributed by atoms with Crippen LogP contribution in [0.3, 0.4) is 0 Å². The van der Waals surface area contributed by atoms with E-state index < -0.39 is 17.7 Å². The molecule has 2 amide bonds. The number of hydrazine groups is 2. The van der Waals surface area contributed by atoms with E-state index in [4.69, 9.17) is 21.2 Å². The third-order valence-corrected chi connectivity index (χ3v) is 5.04. The number of nitrogens with zero attached hydrogens (tertiary/aromatic N) is 4. The fourth-order valence-electron chi connectivity index (χ4n) is 3.19. The smallest absolute Gasteiger partial charge is 0.352 e. The lowest BCUT2D eigenvalue weighted by atomic mass is 10.0. The van der Waals surface area contributed by atoms with E-state index in [9.17, 15) is 13.6 Å². The van der Waals surface area contributed by atoms with E-state index in [1.54, 1.807) is 6.08 Å². The zero-order valence-corrected chi connectivity index (χ0v) is 20.8. The van der Waals surface area contributed by atoms with Crippen LogP contribution < -0.4 is 16.4 Å². The number of hydrogen-bond acceptors (Lipinski definition) is 7. The van der Waals surface area contributed by atoms with Crippen LogP contribution >= 0.6 is 0 Å². The number of hydrogen-bond donors (Lipinski definition) is 2. The van der Waals surface area contributed by atoms with E-state index in [1.165, 1.54) is 7.05 Å². The van der Waals surface area contributed by atoms with Crippen molar-refractivity contribution in [3.63, 3.8) is 0 Å². The van der Waals surface area contributed by atoms with Gasteiger partial charge in [-0.3, -0.25) is 5.01 Å². The van der Waals surface area contributed by atoms with Gasteiger partial charge in [0.15, 0.2) is 0 Å². The van der Waals surface area contributed by atoms with Crippen LogP contribution in [0, 0.1) is 23.5 Å². The molecule has 11 heteroatoms. The van der Waals surface area contributed by atoms with Crippen LogP contribution in [-0.4, -0.2) is 47.9 Å². The highest BCUT2D eigenvalue weighted by atomic mass is 19.1. The molecule has 1 aromatic carbocycles. The summed E-state index contributed by atoms with van der Waals surface area (Å²) in [6.07, 6.45) is 6.25. The summed E-state index contributed by atoms with van der Waals surface area (Å²) < 4.78 is 39.0. The predicted molar refractivity (Wildman–Crippen MR) is 131 cm³/mol. The number of ether oxygens (including phenoxy) is 2. The first-order valence-electron chi connectivity index (χ1n) is 11.4. The van der Waals surface area contributed by atoms with Crippen molar-refractivity contribution >= 4 is 17.6 Å².